The highest BCUT2D eigenvalue weighted by Crippen LogP contribution is 2.34. The van der Waals surface area contributed by atoms with E-state index in [-0.39, 0.29) is 0 Å². The molecule has 0 fully saturated rings. The molecule has 0 saturated heterocycles. The number of carbonyl (C=O) groups is 1. The van der Waals surface area contributed by atoms with Gasteiger partial charge in [-0.15, -0.1) is 0 Å². The van der Waals surface area contributed by atoms with Crippen molar-refractivity contribution in [2.75, 3.05) is 0 Å². The van der Waals surface area contributed by atoms with Crippen LogP contribution in [0.15, 0.2) is 42.5 Å². The highest BCUT2D eigenvalue weighted by molar-refractivity contribution is 5.74. The number of unbranched alkanes of at least 4 members (excludes halogenated alkanes) is 6. The van der Waals surface area contributed by atoms with Crippen LogP contribution in [0.25, 0.3) is 11.1 Å². The Bertz CT molecular complexity index is 706. The number of rotatable bonds is 10. The summed E-state index contributed by atoms with van der Waals surface area (Å²) in [5, 5.41) is 9.08. The summed E-state index contributed by atoms with van der Waals surface area (Å²) in [6.07, 6.45) is 8.20. The maximum atomic E-state index is 11.1. The average molecular weight is 354 g/mol. The van der Waals surface area contributed by atoms with Crippen LogP contribution in [0, 0.1) is 6.92 Å². The Balaban J connectivity index is 2.15. The van der Waals surface area contributed by atoms with Gasteiger partial charge < -0.3 is 9.84 Å². The molecule has 0 aliphatic rings. The van der Waals surface area contributed by atoms with Crippen LogP contribution in [-0.2, 0) is 6.42 Å². The van der Waals surface area contributed by atoms with Gasteiger partial charge >= 0.3 is 6.16 Å². The molecule has 2 aromatic rings. The van der Waals surface area contributed by atoms with Crippen LogP contribution in [0.2, 0.25) is 0 Å². The van der Waals surface area contributed by atoms with Crippen molar-refractivity contribution in [2.45, 2.75) is 65.2 Å². The number of aryl methyl sites for hydroxylation is 1. The van der Waals surface area contributed by atoms with Crippen LogP contribution in [0.3, 0.4) is 0 Å². The number of carboxylic acid groups (broad SMARTS) is 1. The minimum absolute atomic E-state index is 0.462. The van der Waals surface area contributed by atoms with Gasteiger partial charge in [0.05, 0.1) is 0 Å². The summed E-state index contributed by atoms with van der Waals surface area (Å²) in [7, 11) is 0. The third-order valence-electron chi connectivity index (χ3n) is 4.80. The molecule has 1 N–H and O–H groups in total. The summed E-state index contributed by atoms with van der Waals surface area (Å²) in [6.45, 7) is 4.31. The Kier molecular flexibility index (Phi) is 8.20. The van der Waals surface area contributed by atoms with Gasteiger partial charge in [0.1, 0.15) is 5.75 Å². The molecular weight excluding hydrogens is 324 g/mol. The van der Waals surface area contributed by atoms with E-state index in [0.29, 0.717) is 5.75 Å². The Morgan fingerprint density at radius 2 is 1.54 bits per heavy atom. The molecule has 26 heavy (non-hydrogen) atoms. The van der Waals surface area contributed by atoms with Crippen molar-refractivity contribution in [3.8, 4) is 16.9 Å². The molecule has 3 heteroatoms. The van der Waals surface area contributed by atoms with E-state index in [2.05, 4.69) is 32.0 Å². The monoisotopic (exact) mass is 354 g/mol. The second kappa shape index (κ2) is 10.6. The van der Waals surface area contributed by atoms with Crippen molar-refractivity contribution in [2.24, 2.45) is 0 Å². The number of hydrogen-bond acceptors (Lipinski definition) is 2. The Morgan fingerprint density at radius 3 is 2.23 bits per heavy atom. The van der Waals surface area contributed by atoms with Gasteiger partial charge in [-0.05, 0) is 42.5 Å². The van der Waals surface area contributed by atoms with Crippen molar-refractivity contribution in [1.29, 1.82) is 0 Å². The first-order valence-corrected chi connectivity index (χ1v) is 9.72. The summed E-state index contributed by atoms with van der Waals surface area (Å²) in [4.78, 5) is 11.1. The smallest absolute Gasteiger partial charge is 0.449 e. The first kappa shape index (κ1) is 20.0. The van der Waals surface area contributed by atoms with E-state index in [1.165, 1.54) is 44.1 Å². The van der Waals surface area contributed by atoms with Gasteiger partial charge in [-0.1, -0.05) is 81.8 Å². The molecule has 0 amide bonds. The van der Waals surface area contributed by atoms with Crippen LogP contribution >= 0.6 is 0 Å². The molecule has 0 spiro atoms. The Morgan fingerprint density at radius 1 is 0.885 bits per heavy atom. The van der Waals surface area contributed by atoms with Gasteiger partial charge in [0.25, 0.3) is 0 Å². The fraction of sp³-hybridized carbons (Fsp3) is 0.435. The lowest BCUT2D eigenvalue weighted by molar-refractivity contribution is 0.144. The standard InChI is InChI=1S/C23H30O3/c1-3-4-5-6-7-8-9-15-21-20(19-14-11-10-13-18(19)2)16-12-17-22(21)26-23(24)25/h10-14,16-17H,3-9,15H2,1-2H3,(H,24,25). The first-order chi connectivity index (χ1) is 12.6. The average Bonchev–Trinajstić information content (AvgIpc) is 2.62. The molecule has 0 saturated carbocycles. The van der Waals surface area contributed by atoms with E-state index in [4.69, 9.17) is 9.84 Å². The van der Waals surface area contributed by atoms with Gasteiger partial charge in [0.15, 0.2) is 0 Å². The second-order valence-electron chi connectivity index (χ2n) is 6.84. The van der Waals surface area contributed by atoms with Crippen LogP contribution in [-0.4, -0.2) is 11.3 Å². The lowest BCUT2D eigenvalue weighted by Crippen LogP contribution is -2.06. The highest BCUT2D eigenvalue weighted by Gasteiger charge is 2.14. The first-order valence-electron chi connectivity index (χ1n) is 9.72. The topological polar surface area (TPSA) is 46.5 Å². The third-order valence-corrected chi connectivity index (χ3v) is 4.80. The lowest BCUT2D eigenvalue weighted by Gasteiger charge is -2.15. The van der Waals surface area contributed by atoms with Gasteiger partial charge in [-0.3, -0.25) is 0 Å². The zero-order chi connectivity index (χ0) is 18.8. The maximum Gasteiger partial charge on any atom is 0.511 e. The predicted octanol–water partition coefficient (Wildman–Crippen LogP) is 7.01. The van der Waals surface area contributed by atoms with Crippen molar-refractivity contribution in [1.82, 2.24) is 0 Å². The van der Waals surface area contributed by atoms with E-state index in [9.17, 15) is 4.79 Å². The van der Waals surface area contributed by atoms with Gasteiger partial charge in [-0.2, -0.15) is 0 Å². The van der Waals surface area contributed by atoms with Crippen LogP contribution in [0.4, 0.5) is 4.79 Å². The highest BCUT2D eigenvalue weighted by atomic mass is 16.7. The molecule has 0 bridgehead atoms. The fourth-order valence-electron chi connectivity index (χ4n) is 3.40. The summed E-state index contributed by atoms with van der Waals surface area (Å²) < 4.78 is 5.07. The van der Waals surface area contributed by atoms with Gasteiger partial charge in [-0.25, -0.2) is 4.79 Å². The number of ether oxygens (including phenoxy) is 1. The lowest BCUT2D eigenvalue weighted by atomic mass is 9.92. The zero-order valence-electron chi connectivity index (χ0n) is 16.0. The van der Waals surface area contributed by atoms with Crippen LogP contribution in [0.1, 0.15) is 63.0 Å². The second-order valence-corrected chi connectivity index (χ2v) is 6.84. The van der Waals surface area contributed by atoms with Crippen molar-refractivity contribution in [3.05, 3.63) is 53.6 Å². The van der Waals surface area contributed by atoms with Crippen LogP contribution in [0.5, 0.6) is 5.75 Å². The molecule has 0 radical (unpaired) electrons. The Labute approximate surface area is 157 Å². The molecule has 0 unspecified atom stereocenters. The molecule has 0 aromatic heterocycles. The van der Waals surface area contributed by atoms with Crippen molar-refractivity contribution < 1.29 is 14.6 Å². The zero-order valence-corrected chi connectivity index (χ0v) is 16.0. The molecule has 2 aromatic carbocycles. The molecule has 0 atom stereocenters. The summed E-state index contributed by atoms with van der Waals surface area (Å²) in [5.41, 5.74) is 4.40. The van der Waals surface area contributed by atoms with E-state index in [1.54, 1.807) is 6.07 Å². The third kappa shape index (κ3) is 5.91. The van der Waals surface area contributed by atoms with E-state index >= 15 is 0 Å². The molecule has 0 heterocycles. The largest absolute Gasteiger partial charge is 0.511 e. The van der Waals surface area contributed by atoms with Gasteiger partial charge in [0.2, 0.25) is 0 Å². The Hall–Kier alpha value is -2.29. The summed E-state index contributed by atoms with van der Waals surface area (Å²) in [6, 6.07) is 13.9. The molecule has 0 aliphatic heterocycles. The van der Waals surface area contributed by atoms with E-state index < -0.39 is 6.16 Å². The van der Waals surface area contributed by atoms with E-state index in [1.807, 2.05) is 18.2 Å². The van der Waals surface area contributed by atoms with Crippen molar-refractivity contribution in [3.63, 3.8) is 0 Å². The molecule has 0 aliphatic carbocycles. The maximum absolute atomic E-state index is 11.1. The minimum Gasteiger partial charge on any atom is -0.449 e. The quantitative estimate of drug-likeness (QED) is 0.283. The van der Waals surface area contributed by atoms with Crippen LogP contribution < -0.4 is 4.74 Å². The molecule has 2 rings (SSSR count). The fourth-order valence-corrected chi connectivity index (χ4v) is 3.40. The number of hydrogen-bond donors (Lipinski definition) is 1. The summed E-state index contributed by atoms with van der Waals surface area (Å²) in [5.74, 6) is 0.462. The van der Waals surface area contributed by atoms with Gasteiger partial charge in [0, 0.05) is 5.56 Å². The molecule has 3 nitrogen and oxygen atoms in total. The normalized spacial score (nSPS) is 10.7. The summed E-state index contributed by atoms with van der Waals surface area (Å²) >= 11 is 0. The van der Waals surface area contributed by atoms with E-state index in [0.717, 1.165) is 29.5 Å². The predicted molar refractivity (Wildman–Crippen MR) is 107 cm³/mol. The van der Waals surface area contributed by atoms with Crippen molar-refractivity contribution >= 4 is 6.16 Å². The minimum atomic E-state index is -1.26. The SMILES string of the molecule is CCCCCCCCCc1c(OC(=O)O)cccc1-c1ccccc1C. The number of benzene rings is 2. The molecular formula is C23H30O3. The molecule has 140 valence electrons.